The first kappa shape index (κ1) is 21.3. The van der Waals surface area contributed by atoms with Crippen molar-refractivity contribution in [2.75, 3.05) is 39.8 Å². The van der Waals surface area contributed by atoms with Crippen LogP contribution in [0.2, 0.25) is 0 Å². The number of aliphatic imine (C=N–C) groups is 1. The minimum absolute atomic E-state index is 0.250. The zero-order chi connectivity index (χ0) is 20.8. The van der Waals surface area contributed by atoms with Crippen LogP contribution in [0.5, 0.6) is 0 Å². The van der Waals surface area contributed by atoms with E-state index in [4.69, 9.17) is 4.99 Å². The molecule has 0 spiro atoms. The summed E-state index contributed by atoms with van der Waals surface area (Å²) in [5, 5.41) is 6.78. The Balaban J connectivity index is 1.80. The number of nitrogens with one attached hydrogen (secondary N) is 2. The van der Waals surface area contributed by atoms with Gasteiger partial charge >= 0.3 is 0 Å². The molecule has 0 aliphatic carbocycles. The molecule has 3 rings (SSSR count). The van der Waals surface area contributed by atoms with Gasteiger partial charge in [-0.3, -0.25) is 9.89 Å². The number of benzene rings is 1. The van der Waals surface area contributed by atoms with Crippen molar-refractivity contribution in [3.05, 3.63) is 65.9 Å². The van der Waals surface area contributed by atoms with Gasteiger partial charge < -0.3 is 15.5 Å². The quantitative estimate of drug-likeness (QED) is 0.775. The van der Waals surface area contributed by atoms with Gasteiger partial charge in [0.15, 0.2) is 0 Å². The van der Waals surface area contributed by atoms with Gasteiger partial charge in [-0.2, -0.15) is 0 Å². The Hall–Kier alpha value is -2.44. The first-order chi connectivity index (χ1) is 14.0. The van der Waals surface area contributed by atoms with Gasteiger partial charge in [0, 0.05) is 56.6 Å². The van der Waals surface area contributed by atoms with Crippen LogP contribution in [-0.2, 0) is 6.42 Å². The van der Waals surface area contributed by atoms with E-state index in [1.54, 1.807) is 6.08 Å². The van der Waals surface area contributed by atoms with Crippen molar-refractivity contribution in [2.24, 2.45) is 4.99 Å². The molecule has 0 radical (unpaired) electrons. The Labute approximate surface area is 173 Å². The number of allylic oxidation sites excluding steroid dienone is 2. The standard InChI is InChI=1S/C23H32FN5/c1-5-18-7-8-21(24)20(15-18)19(6-2)23-27-22(9-12-28(23)4)26-11-14-29-13-10-25-16-17(29)3/h6-9,12,15,17,25H,2,5,10-11,13-14,16H2,1,3-4H3,(H,26,27)/b23-19+. The van der Waals surface area contributed by atoms with E-state index < -0.39 is 0 Å². The Morgan fingerprint density at radius 1 is 1.41 bits per heavy atom. The highest BCUT2D eigenvalue weighted by molar-refractivity contribution is 5.96. The summed E-state index contributed by atoms with van der Waals surface area (Å²) in [5.74, 6) is 1.32. The third-order valence-electron chi connectivity index (χ3n) is 5.55. The summed E-state index contributed by atoms with van der Waals surface area (Å²) < 4.78 is 14.6. The normalized spacial score (nSPS) is 23.2. The minimum Gasteiger partial charge on any atom is -0.337 e. The molecule has 0 amide bonds. The summed E-state index contributed by atoms with van der Waals surface area (Å²) >= 11 is 0. The van der Waals surface area contributed by atoms with Gasteiger partial charge in [0.05, 0.1) is 6.54 Å². The van der Waals surface area contributed by atoms with Gasteiger partial charge in [-0.15, -0.1) is 0 Å². The summed E-state index contributed by atoms with van der Waals surface area (Å²) in [6.07, 6.45) is 6.45. The number of hydrogen-bond acceptors (Lipinski definition) is 4. The van der Waals surface area contributed by atoms with Crippen molar-refractivity contribution in [3.8, 4) is 0 Å². The van der Waals surface area contributed by atoms with Crippen molar-refractivity contribution in [2.45, 2.75) is 26.3 Å². The van der Waals surface area contributed by atoms with Crippen molar-refractivity contribution in [3.63, 3.8) is 0 Å². The molecule has 2 N–H and O–H groups in total. The number of hydrogen-bond donors (Lipinski definition) is 2. The molecule has 2 heterocycles. The lowest BCUT2D eigenvalue weighted by Crippen LogP contribution is -2.50. The fourth-order valence-electron chi connectivity index (χ4n) is 3.70. The number of rotatable bonds is 6. The van der Waals surface area contributed by atoms with Gasteiger partial charge in [-0.25, -0.2) is 4.39 Å². The van der Waals surface area contributed by atoms with E-state index in [0.29, 0.717) is 11.6 Å². The number of amidine groups is 1. The highest BCUT2D eigenvalue weighted by Gasteiger charge is 2.19. The largest absolute Gasteiger partial charge is 0.337 e. The lowest BCUT2D eigenvalue weighted by atomic mass is 10.0. The first-order valence-corrected chi connectivity index (χ1v) is 10.4. The van der Waals surface area contributed by atoms with Crippen LogP contribution in [0.25, 0.3) is 5.57 Å². The highest BCUT2D eigenvalue weighted by Crippen LogP contribution is 2.26. The number of piperazine rings is 1. The van der Waals surface area contributed by atoms with E-state index in [0.717, 1.165) is 61.9 Å². The van der Waals surface area contributed by atoms with Gasteiger partial charge in [-0.1, -0.05) is 25.6 Å². The van der Waals surface area contributed by atoms with Crippen LogP contribution in [-0.4, -0.2) is 61.4 Å². The summed E-state index contributed by atoms with van der Waals surface area (Å²) in [6.45, 7) is 13.0. The lowest BCUT2D eigenvalue weighted by molar-refractivity contribution is 0.179. The Morgan fingerprint density at radius 2 is 2.24 bits per heavy atom. The van der Waals surface area contributed by atoms with Gasteiger partial charge in [0.25, 0.3) is 0 Å². The van der Waals surface area contributed by atoms with Crippen LogP contribution in [0.1, 0.15) is 25.0 Å². The molecule has 6 heteroatoms. The maximum atomic E-state index is 14.6. The second-order valence-corrected chi connectivity index (χ2v) is 7.54. The van der Waals surface area contributed by atoms with Gasteiger partial charge in [-0.05, 0) is 37.1 Å². The second kappa shape index (κ2) is 9.85. The summed E-state index contributed by atoms with van der Waals surface area (Å²) in [5.41, 5.74) is 2.38. The van der Waals surface area contributed by atoms with E-state index in [2.05, 4.69) is 36.0 Å². The average Bonchev–Trinajstić information content (AvgIpc) is 2.73. The van der Waals surface area contributed by atoms with Crippen LogP contribution in [0.15, 0.2) is 53.9 Å². The Morgan fingerprint density at radius 3 is 2.97 bits per heavy atom. The molecule has 0 bridgehead atoms. The maximum Gasteiger partial charge on any atom is 0.131 e. The molecule has 0 aromatic heterocycles. The highest BCUT2D eigenvalue weighted by atomic mass is 19.1. The molecule has 1 unspecified atom stereocenters. The fraction of sp³-hybridized carbons (Fsp3) is 0.435. The van der Waals surface area contributed by atoms with Crippen LogP contribution in [0, 0.1) is 5.82 Å². The fourth-order valence-corrected chi connectivity index (χ4v) is 3.70. The average molecular weight is 398 g/mol. The predicted octanol–water partition coefficient (Wildman–Crippen LogP) is 2.98. The molecule has 1 saturated heterocycles. The summed E-state index contributed by atoms with van der Waals surface area (Å²) in [4.78, 5) is 9.12. The second-order valence-electron chi connectivity index (χ2n) is 7.54. The van der Waals surface area contributed by atoms with Crippen LogP contribution >= 0.6 is 0 Å². The third-order valence-corrected chi connectivity index (χ3v) is 5.55. The van der Waals surface area contributed by atoms with Gasteiger partial charge in [0.2, 0.25) is 0 Å². The van der Waals surface area contributed by atoms with E-state index in [9.17, 15) is 4.39 Å². The minimum atomic E-state index is -0.250. The van der Waals surface area contributed by atoms with Crippen LogP contribution in [0.4, 0.5) is 4.39 Å². The lowest BCUT2D eigenvalue weighted by Gasteiger charge is -2.33. The smallest absolute Gasteiger partial charge is 0.131 e. The van der Waals surface area contributed by atoms with Crippen molar-refractivity contribution < 1.29 is 4.39 Å². The SMILES string of the molecule is C=C/C(=C1/NC(=NCCN2CCNCC2C)C=CN1C)c1cc(CC)ccc1F. The molecule has 1 atom stereocenters. The Kier molecular flexibility index (Phi) is 7.23. The van der Waals surface area contributed by atoms with Crippen molar-refractivity contribution >= 4 is 11.4 Å². The van der Waals surface area contributed by atoms with E-state index in [1.807, 2.05) is 36.4 Å². The molecule has 29 heavy (non-hydrogen) atoms. The molecule has 2 aliphatic rings. The zero-order valence-electron chi connectivity index (χ0n) is 17.7. The molecule has 1 aromatic carbocycles. The molecule has 156 valence electrons. The monoisotopic (exact) mass is 397 g/mol. The first-order valence-electron chi connectivity index (χ1n) is 10.4. The molecular weight excluding hydrogens is 365 g/mol. The number of nitrogens with zero attached hydrogens (tertiary/aromatic N) is 3. The molecule has 0 saturated carbocycles. The number of aryl methyl sites for hydroxylation is 1. The van der Waals surface area contributed by atoms with Crippen LogP contribution in [0.3, 0.4) is 0 Å². The zero-order valence-corrected chi connectivity index (χ0v) is 17.7. The molecule has 1 aromatic rings. The molecular formula is C23H32FN5. The van der Waals surface area contributed by atoms with Crippen LogP contribution < -0.4 is 10.6 Å². The number of halogens is 1. The maximum absolute atomic E-state index is 14.6. The molecule has 2 aliphatic heterocycles. The van der Waals surface area contributed by atoms with Gasteiger partial charge in [0.1, 0.15) is 17.5 Å². The van der Waals surface area contributed by atoms with Crippen molar-refractivity contribution in [1.82, 2.24) is 20.4 Å². The molecule has 5 nitrogen and oxygen atoms in total. The third kappa shape index (κ3) is 5.14. The Bertz CT molecular complexity index is 827. The summed E-state index contributed by atoms with van der Waals surface area (Å²) in [7, 11) is 1.93. The topological polar surface area (TPSA) is 42.9 Å². The van der Waals surface area contributed by atoms with E-state index >= 15 is 0 Å². The van der Waals surface area contributed by atoms with Crippen molar-refractivity contribution in [1.29, 1.82) is 0 Å². The summed E-state index contributed by atoms with van der Waals surface area (Å²) in [6, 6.07) is 5.78. The van der Waals surface area contributed by atoms with E-state index in [1.165, 1.54) is 6.07 Å². The molecule has 1 fully saturated rings. The van der Waals surface area contributed by atoms with E-state index in [-0.39, 0.29) is 5.82 Å². The predicted molar refractivity (Wildman–Crippen MR) is 119 cm³/mol.